The second-order valence-electron chi connectivity index (χ2n) is 3.79. The molecule has 0 rings (SSSR count). The number of aliphatic hydroxyl groups excluding tert-OH is 4. The average Bonchev–Trinajstić information content (AvgIpc) is 2.34. The number of aliphatic hydroxyl groups is 4. The summed E-state index contributed by atoms with van der Waals surface area (Å²) >= 11 is 0. The van der Waals surface area contributed by atoms with Gasteiger partial charge in [0.2, 0.25) is 5.78 Å². The first-order chi connectivity index (χ1) is 7.86. The van der Waals surface area contributed by atoms with Crippen LogP contribution in [0.3, 0.4) is 0 Å². The molecule has 0 aromatic heterocycles. The molecule has 100 valence electrons. The van der Waals surface area contributed by atoms with Gasteiger partial charge in [-0.15, -0.1) is 0 Å². The van der Waals surface area contributed by atoms with Crippen LogP contribution in [0.15, 0.2) is 0 Å². The van der Waals surface area contributed by atoms with Crippen LogP contribution in [0, 0.1) is 0 Å². The van der Waals surface area contributed by atoms with Crippen LogP contribution in [0.1, 0.15) is 19.8 Å². The van der Waals surface area contributed by atoms with Crippen LogP contribution in [-0.4, -0.2) is 63.0 Å². The number of carbonyl (C=O) groups is 2. The molecule has 0 spiro atoms. The third kappa shape index (κ3) is 4.49. The molecule has 0 aromatic rings. The van der Waals surface area contributed by atoms with E-state index >= 15 is 0 Å². The van der Waals surface area contributed by atoms with Gasteiger partial charge in [-0.3, -0.25) is 9.59 Å². The summed E-state index contributed by atoms with van der Waals surface area (Å²) in [6.45, 7) is 0.916. The van der Waals surface area contributed by atoms with Crippen molar-refractivity contribution in [1.82, 2.24) is 0 Å². The lowest BCUT2D eigenvalue weighted by atomic mass is 9.95. The Morgan fingerprint density at radius 2 is 1.71 bits per heavy atom. The summed E-state index contributed by atoms with van der Waals surface area (Å²) in [5, 5.41) is 36.4. The summed E-state index contributed by atoms with van der Waals surface area (Å²) in [7, 11) is 0. The molecule has 0 radical (unpaired) electrons. The Balaban J connectivity index is 4.53. The van der Waals surface area contributed by atoms with E-state index in [9.17, 15) is 19.8 Å². The van der Waals surface area contributed by atoms with Crippen LogP contribution in [0.25, 0.3) is 0 Å². The zero-order valence-electron chi connectivity index (χ0n) is 9.61. The molecule has 7 heteroatoms. The van der Waals surface area contributed by atoms with Crippen molar-refractivity contribution < 1.29 is 30.0 Å². The monoisotopic (exact) mass is 249 g/mol. The maximum absolute atomic E-state index is 11.4. The number of carbonyl (C=O) groups excluding carboxylic acids is 2. The molecule has 0 aliphatic heterocycles. The van der Waals surface area contributed by atoms with E-state index in [1.165, 1.54) is 0 Å². The lowest BCUT2D eigenvalue weighted by Gasteiger charge is -2.25. The van der Waals surface area contributed by atoms with Gasteiger partial charge in [-0.1, -0.05) is 6.92 Å². The molecular formula is C10H19NO6. The molecule has 7 nitrogen and oxygen atoms in total. The van der Waals surface area contributed by atoms with E-state index in [0.717, 1.165) is 0 Å². The predicted octanol–water partition coefficient (Wildman–Crippen LogP) is -2.67. The molecule has 17 heavy (non-hydrogen) atoms. The molecule has 6 N–H and O–H groups in total. The molecule has 0 saturated carbocycles. The molecule has 0 fully saturated rings. The molecule has 0 heterocycles. The first-order valence-corrected chi connectivity index (χ1v) is 5.34. The first kappa shape index (κ1) is 16.1. The molecule has 0 aliphatic carbocycles. The second-order valence-corrected chi connectivity index (χ2v) is 3.79. The van der Waals surface area contributed by atoms with Crippen molar-refractivity contribution in [1.29, 1.82) is 0 Å². The number of Topliss-reactive ketones (excluding diaryl/α,β-unsaturated/α-hetero) is 2. The highest BCUT2D eigenvalue weighted by Gasteiger charge is 2.35. The average molecular weight is 249 g/mol. The normalized spacial score (nSPS) is 18.2. The Labute approximate surface area is 98.9 Å². The highest BCUT2D eigenvalue weighted by Crippen LogP contribution is 2.06. The Morgan fingerprint density at radius 3 is 2.12 bits per heavy atom. The van der Waals surface area contributed by atoms with Gasteiger partial charge in [0.1, 0.15) is 24.4 Å². The maximum atomic E-state index is 11.4. The van der Waals surface area contributed by atoms with Gasteiger partial charge >= 0.3 is 0 Å². The molecule has 0 aromatic carbocycles. The van der Waals surface area contributed by atoms with Gasteiger partial charge in [0.25, 0.3) is 0 Å². The molecule has 0 saturated heterocycles. The van der Waals surface area contributed by atoms with Crippen molar-refractivity contribution in [3.8, 4) is 0 Å². The van der Waals surface area contributed by atoms with Gasteiger partial charge in [-0.25, -0.2) is 0 Å². The van der Waals surface area contributed by atoms with Crippen molar-refractivity contribution >= 4 is 11.6 Å². The molecular weight excluding hydrogens is 230 g/mol. The zero-order chi connectivity index (χ0) is 13.6. The highest BCUT2D eigenvalue weighted by atomic mass is 16.4. The number of ketones is 2. The SMILES string of the molecule is CCCC(=O)C(=O)[C@H](N)[C@@H](O)[C@@H](O)[C@H](O)CO. The van der Waals surface area contributed by atoms with E-state index < -0.39 is 42.5 Å². The van der Waals surface area contributed by atoms with Crippen molar-refractivity contribution in [2.24, 2.45) is 5.73 Å². The van der Waals surface area contributed by atoms with Crippen LogP contribution in [0.2, 0.25) is 0 Å². The van der Waals surface area contributed by atoms with Gasteiger partial charge < -0.3 is 26.2 Å². The number of hydrogen-bond acceptors (Lipinski definition) is 7. The van der Waals surface area contributed by atoms with E-state index in [-0.39, 0.29) is 6.42 Å². The fourth-order valence-electron chi connectivity index (χ4n) is 1.24. The van der Waals surface area contributed by atoms with Gasteiger partial charge in [-0.05, 0) is 6.42 Å². The predicted molar refractivity (Wildman–Crippen MR) is 58.0 cm³/mol. The zero-order valence-corrected chi connectivity index (χ0v) is 9.61. The summed E-state index contributed by atoms with van der Waals surface area (Å²) in [6, 6.07) is -1.61. The molecule has 4 atom stereocenters. The number of hydrogen-bond donors (Lipinski definition) is 5. The first-order valence-electron chi connectivity index (χ1n) is 5.34. The van der Waals surface area contributed by atoms with Gasteiger partial charge in [-0.2, -0.15) is 0 Å². The third-order valence-corrected chi connectivity index (χ3v) is 2.35. The number of nitrogens with two attached hydrogens (primary N) is 1. The lowest BCUT2D eigenvalue weighted by Crippen LogP contribution is -2.54. The summed E-state index contributed by atoms with van der Waals surface area (Å²) in [4.78, 5) is 22.6. The van der Waals surface area contributed by atoms with E-state index in [1.807, 2.05) is 0 Å². The smallest absolute Gasteiger partial charge is 0.217 e. The fraction of sp³-hybridized carbons (Fsp3) is 0.800. The fourth-order valence-corrected chi connectivity index (χ4v) is 1.24. The van der Waals surface area contributed by atoms with E-state index in [1.54, 1.807) is 6.92 Å². The Hall–Kier alpha value is -0.860. The summed E-state index contributed by atoms with van der Waals surface area (Å²) < 4.78 is 0. The third-order valence-electron chi connectivity index (χ3n) is 2.35. The second kappa shape index (κ2) is 7.46. The summed E-state index contributed by atoms with van der Waals surface area (Å²) in [5.74, 6) is -1.73. The van der Waals surface area contributed by atoms with Crippen LogP contribution >= 0.6 is 0 Å². The van der Waals surface area contributed by atoms with Gasteiger partial charge in [0.15, 0.2) is 5.78 Å². The van der Waals surface area contributed by atoms with Crippen molar-refractivity contribution in [2.75, 3.05) is 6.61 Å². The maximum Gasteiger partial charge on any atom is 0.217 e. The Bertz CT molecular complexity index is 270. The minimum Gasteiger partial charge on any atom is -0.394 e. The quantitative estimate of drug-likeness (QED) is 0.295. The molecule has 0 unspecified atom stereocenters. The largest absolute Gasteiger partial charge is 0.394 e. The summed E-state index contributed by atoms with van der Waals surface area (Å²) in [6.07, 6.45) is -4.73. The topological polar surface area (TPSA) is 141 Å². The molecule has 0 aliphatic rings. The van der Waals surface area contributed by atoms with Gasteiger partial charge in [0.05, 0.1) is 6.61 Å². The Morgan fingerprint density at radius 1 is 1.18 bits per heavy atom. The Kier molecular flexibility index (Phi) is 7.09. The molecule has 0 amide bonds. The van der Waals surface area contributed by atoms with Crippen LogP contribution in [0.5, 0.6) is 0 Å². The van der Waals surface area contributed by atoms with Crippen LogP contribution in [0.4, 0.5) is 0 Å². The van der Waals surface area contributed by atoms with Crippen molar-refractivity contribution in [3.05, 3.63) is 0 Å². The van der Waals surface area contributed by atoms with Crippen molar-refractivity contribution in [3.63, 3.8) is 0 Å². The van der Waals surface area contributed by atoms with Crippen molar-refractivity contribution in [2.45, 2.75) is 44.1 Å². The standard InChI is InChI=1S/C10H19NO6/c1-2-3-5(13)8(15)7(11)10(17)9(16)6(14)4-12/h6-7,9-10,12,14,16-17H,2-4,11H2,1H3/t6-,7+,9+,10-/m1/s1. The minimum absolute atomic E-state index is 0.0118. The van der Waals surface area contributed by atoms with Crippen LogP contribution in [-0.2, 0) is 9.59 Å². The lowest BCUT2D eigenvalue weighted by molar-refractivity contribution is -0.142. The van der Waals surface area contributed by atoms with Crippen LogP contribution < -0.4 is 5.73 Å². The highest BCUT2D eigenvalue weighted by molar-refractivity contribution is 6.39. The number of rotatable bonds is 8. The van der Waals surface area contributed by atoms with E-state index in [4.69, 9.17) is 15.9 Å². The summed E-state index contributed by atoms with van der Waals surface area (Å²) in [5.41, 5.74) is 5.31. The minimum atomic E-state index is -1.80. The van der Waals surface area contributed by atoms with E-state index in [2.05, 4.69) is 0 Å². The van der Waals surface area contributed by atoms with Gasteiger partial charge in [0, 0.05) is 6.42 Å². The van der Waals surface area contributed by atoms with E-state index in [0.29, 0.717) is 6.42 Å². The molecule has 0 bridgehead atoms.